The van der Waals surface area contributed by atoms with E-state index in [1.165, 1.54) is 11.8 Å². The quantitative estimate of drug-likeness (QED) is 0.527. The molecule has 12 heavy (non-hydrogen) atoms. The first-order valence-corrected chi connectivity index (χ1v) is 4.57. The predicted molar refractivity (Wildman–Crippen MR) is 48.0 cm³/mol. The zero-order chi connectivity index (χ0) is 8.97. The number of hydrogen-bond acceptors (Lipinski definition) is 4. The Balaban J connectivity index is 3.10. The van der Waals surface area contributed by atoms with Crippen LogP contribution in [0, 0.1) is 0 Å². The number of ether oxygens (including phenoxy) is 1. The summed E-state index contributed by atoms with van der Waals surface area (Å²) in [7, 11) is 1.58. The van der Waals surface area contributed by atoms with Crippen molar-refractivity contribution in [3.63, 3.8) is 0 Å². The largest absolute Gasteiger partial charge is 0.494 e. The van der Waals surface area contributed by atoms with E-state index in [0.717, 1.165) is 11.2 Å². The van der Waals surface area contributed by atoms with Gasteiger partial charge >= 0.3 is 0 Å². The maximum Gasteiger partial charge on any atom is 0.168 e. The molecule has 3 nitrogen and oxygen atoms in total. The predicted octanol–water partition coefficient (Wildman–Crippen LogP) is 1.62. The molecular weight excluding hydrogens is 174 g/mol. The zero-order valence-corrected chi connectivity index (χ0v) is 7.72. The molecule has 0 atom stereocenters. The third-order valence-electron chi connectivity index (χ3n) is 1.41. The molecule has 0 fully saturated rings. The van der Waals surface area contributed by atoms with Crippen molar-refractivity contribution in [2.75, 3.05) is 13.4 Å². The van der Waals surface area contributed by atoms with Crippen molar-refractivity contribution in [1.82, 2.24) is 4.98 Å². The van der Waals surface area contributed by atoms with E-state index >= 15 is 0 Å². The Morgan fingerprint density at radius 1 is 1.67 bits per heavy atom. The SMILES string of the molecule is COc1cnc(C=O)cc1SC. The molecule has 1 rings (SSSR count). The van der Waals surface area contributed by atoms with Crippen molar-refractivity contribution in [2.24, 2.45) is 0 Å². The van der Waals surface area contributed by atoms with Gasteiger partial charge in [0, 0.05) is 0 Å². The van der Waals surface area contributed by atoms with Gasteiger partial charge in [-0.05, 0) is 12.3 Å². The Hall–Kier alpha value is -1.03. The minimum atomic E-state index is 0.431. The van der Waals surface area contributed by atoms with E-state index in [0.29, 0.717) is 11.4 Å². The highest BCUT2D eigenvalue weighted by Crippen LogP contribution is 2.26. The molecule has 1 aromatic heterocycles. The molecular formula is C8H9NO2S. The molecule has 0 spiro atoms. The van der Waals surface area contributed by atoms with Crippen LogP contribution in [0.2, 0.25) is 0 Å². The van der Waals surface area contributed by atoms with Crippen molar-refractivity contribution in [3.8, 4) is 5.75 Å². The van der Waals surface area contributed by atoms with E-state index in [2.05, 4.69) is 4.98 Å². The summed E-state index contributed by atoms with van der Waals surface area (Å²) in [5.74, 6) is 0.702. The summed E-state index contributed by atoms with van der Waals surface area (Å²) in [6, 6.07) is 1.70. The minimum absolute atomic E-state index is 0.431. The number of methoxy groups -OCH3 is 1. The molecule has 0 amide bonds. The van der Waals surface area contributed by atoms with E-state index in [4.69, 9.17) is 4.74 Å². The van der Waals surface area contributed by atoms with Crippen LogP contribution in [0.1, 0.15) is 10.5 Å². The van der Waals surface area contributed by atoms with Crippen LogP contribution in [0.25, 0.3) is 0 Å². The van der Waals surface area contributed by atoms with Crippen LogP contribution < -0.4 is 4.74 Å². The Kier molecular flexibility index (Phi) is 3.10. The van der Waals surface area contributed by atoms with E-state index in [1.54, 1.807) is 19.4 Å². The molecule has 0 radical (unpaired) electrons. The van der Waals surface area contributed by atoms with Gasteiger partial charge in [-0.25, -0.2) is 4.98 Å². The lowest BCUT2D eigenvalue weighted by Crippen LogP contribution is -1.91. The Morgan fingerprint density at radius 3 is 2.92 bits per heavy atom. The molecule has 4 heteroatoms. The van der Waals surface area contributed by atoms with Gasteiger partial charge in [-0.3, -0.25) is 4.79 Å². The number of thioether (sulfide) groups is 1. The topological polar surface area (TPSA) is 39.2 Å². The average molecular weight is 183 g/mol. The summed E-state index contributed by atoms with van der Waals surface area (Å²) in [5.41, 5.74) is 0.431. The van der Waals surface area contributed by atoms with E-state index in [9.17, 15) is 4.79 Å². The molecule has 0 N–H and O–H groups in total. The van der Waals surface area contributed by atoms with Gasteiger partial charge in [0.1, 0.15) is 5.69 Å². The number of nitrogens with zero attached hydrogens (tertiary/aromatic N) is 1. The standard InChI is InChI=1S/C8H9NO2S/c1-11-7-4-9-6(5-10)3-8(7)12-2/h3-5H,1-2H3. The maximum atomic E-state index is 10.4. The monoisotopic (exact) mass is 183 g/mol. The number of hydrogen-bond donors (Lipinski definition) is 0. The second kappa shape index (κ2) is 4.11. The molecule has 0 saturated carbocycles. The molecule has 1 heterocycles. The molecule has 0 aliphatic rings. The number of carbonyl (C=O) groups excluding carboxylic acids is 1. The van der Waals surface area contributed by atoms with Gasteiger partial charge in [-0.1, -0.05) is 0 Å². The fourth-order valence-corrected chi connectivity index (χ4v) is 1.39. The van der Waals surface area contributed by atoms with Gasteiger partial charge in [0.25, 0.3) is 0 Å². The van der Waals surface area contributed by atoms with Crippen molar-refractivity contribution in [2.45, 2.75) is 4.90 Å². The lowest BCUT2D eigenvalue weighted by atomic mass is 10.3. The summed E-state index contributed by atoms with van der Waals surface area (Å²) in [6.07, 6.45) is 4.20. The van der Waals surface area contributed by atoms with Crippen LogP contribution in [-0.2, 0) is 0 Å². The Bertz CT molecular complexity index is 288. The third kappa shape index (κ3) is 1.76. The van der Waals surface area contributed by atoms with E-state index in [-0.39, 0.29) is 0 Å². The number of aromatic nitrogens is 1. The number of rotatable bonds is 3. The molecule has 1 aromatic rings. The van der Waals surface area contributed by atoms with Gasteiger partial charge in [-0.2, -0.15) is 0 Å². The van der Waals surface area contributed by atoms with Crippen molar-refractivity contribution < 1.29 is 9.53 Å². The number of carbonyl (C=O) groups is 1. The van der Waals surface area contributed by atoms with Gasteiger partial charge in [-0.15, -0.1) is 11.8 Å². The summed E-state index contributed by atoms with van der Waals surface area (Å²) in [6.45, 7) is 0. The first-order valence-electron chi connectivity index (χ1n) is 3.35. The van der Waals surface area contributed by atoms with Gasteiger partial charge in [0.2, 0.25) is 0 Å². The van der Waals surface area contributed by atoms with Crippen LogP contribution in [-0.4, -0.2) is 24.6 Å². The van der Waals surface area contributed by atoms with Crippen molar-refractivity contribution in [1.29, 1.82) is 0 Å². The zero-order valence-electron chi connectivity index (χ0n) is 6.90. The normalized spacial score (nSPS) is 9.50. The second-order valence-electron chi connectivity index (χ2n) is 2.08. The minimum Gasteiger partial charge on any atom is -0.494 e. The van der Waals surface area contributed by atoms with Crippen LogP contribution in [0.3, 0.4) is 0 Å². The summed E-state index contributed by atoms with van der Waals surface area (Å²) >= 11 is 1.53. The van der Waals surface area contributed by atoms with Crippen LogP contribution in [0.4, 0.5) is 0 Å². The lowest BCUT2D eigenvalue weighted by Gasteiger charge is -2.04. The van der Waals surface area contributed by atoms with Crippen LogP contribution in [0.5, 0.6) is 5.75 Å². The van der Waals surface area contributed by atoms with Crippen molar-refractivity contribution >= 4 is 18.0 Å². The molecule has 0 aliphatic carbocycles. The number of aldehydes is 1. The highest BCUT2D eigenvalue weighted by molar-refractivity contribution is 7.98. The van der Waals surface area contributed by atoms with Crippen LogP contribution >= 0.6 is 11.8 Å². The van der Waals surface area contributed by atoms with Crippen LogP contribution in [0.15, 0.2) is 17.2 Å². The highest BCUT2D eigenvalue weighted by atomic mass is 32.2. The number of pyridine rings is 1. The van der Waals surface area contributed by atoms with Gasteiger partial charge < -0.3 is 4.74 Å². The Morgan fingerprint density at radius 2 is 2.42 bits per heavy atom. The third-order valence-corrected chi connectivity index (χ3v) is 2.17. The molecule has 0 unspecified atom stereocenters. The van der Waals surface area contributed by atoms with E-state index < -0.39 is 0 Å². The molecule has 0 aliphatic heterocycles. The maximum absolute atomic E-state index is 10.4. The average Bonchev–Trinajstić information content (AvgIpc) is 2.16. The summed E-state index contributed by atoms with van der Waals surface area (Å²) < 4.78 is 5.04. The summed E-state index contributed by atoms with van der Waals surface area (Å²) in [5, 5.41) is 0. The molecule has 64 valence electrons. The van der Waals surface area contributed by atoms with Crippen molar-refractivity contribution in [3.05, 3.63) is 18.0 Å². The Labute approximate surface area is 75.1 Å². The first-order chi connectivity index (χ1) is 5.81. The van der Waals surface area contributed by atoms with Gasteiger partial charge in [0.15, 0.2) is 12.0 Å². The molecule has 0 saturated heterocycles. The second-order valence-corrected chi connectivity index (χ2v) is 2.93. The molecule has 0 bridgehead atoms. The highest BCUT2D eigenvalue weighted by Gasteiger charge is 2.02. The first kappa shape index (κ1) is 9.06. The van der Waals surface area contributed by atoms with Gasteiger partial charge in [0.05, 0.1) is 18.2 Å². The molecule has 0 aromatic carbocycles. The van der Waals surface area contributed by atoms with E-state index in [1.807, 2.05) is 6.26 Å². The smallest absolute Gasteiger partial charge is 0.168 e. The summed E-state index contributed by atoms with van der Waals surface area (Å²) in [4.78, 5) is 15.2. The fourth-order valence-electron chi connectivity index (χ4n) is 0.817. The lowest BCUT2D eigenvalue weighted by molar-refractivity contribution is 0.111. The fraction of sp³-hybridized carbons (Fsp3) is 0.250.